The van der Waals surface area contributed by atoms with E-state index in [1.807, 2.05) is 24.7 Å². The van der Waals surface area contributed by atoms with Crippen LogP contribution in [-0.2, 0) is 6.54 Å². The van der Waals surface area contributed by atoms with E-state index in [0.29, 0.717) is 0 Å². The van der Waals surface area contributed by atoms with Crippen LogP contribution >= 0.6 is 0 Å². The van der Waals surface area contributed by atoms with Crippen LogP contribution in [0.25, 0.3) is 0 Å². The number of nitrogens with zero attached hydrogens (tertiary/aromatic N) is 2. The van der Waals surface area contributed by atoms with Crippen molar-refractivity contribution in [2.24, 2.45) is 5.41 Å². The second kappa shape index (κ2) is 6.39. The van der Waals surface area contributed by atoms with Crippen LogP contribution in [0.1, 0.15) is 39.3 Å². The Morgan fingerprint density at radius 2 is 1.90 bits per heavy atom. The molecule has 0 saturated carbocycles. The minimum Gasteiger partial charge on any atom is -0.336 e. The predicted octanol–water partition coefficient (Wildman–Crippen LogP) is 3.79. The van der Waals surface area contributed by atoms with Crippen molar-refractivity contribution in [3.8, 4) is 0 Å². The molecule has 0 radical (unpaired) electrons. The van der Waals surface area contributed by atoms with Crippen LogP contribution in [0.3, 0.4) is 0 Å². The molecule has 0 aliphatic rings. The molecular weight excluding hydrogens is 265 g/mol. The number of halogens is 1. The van der Waals surface area contributed by atoms with Gasteiger partial charge in [0.1, 0.15) is 5.82 Å². The average Bonchev–Trinajstić information content (AvgIpc) is 2.90. The second-order valence-electron chi connectivity index (χ2n) is 6.62. The van der Waals surface area contributed by atoms with Gasteiger partial charge in [-0.15, -0.1) is 0 Å². The first-order valence-corrected chi connectivity index (χ1v) is 7.33. The third-order valence-corrected chi connectivity index (χ3v) is 3.82. The summed E-state index contributed by atoms with van der Waals surface area (Å²) in [5.41, 5.74) is 1.20. The maximum absolute atomic E-state index is 13.0. The van der Waals surface area contributed by atoms with E-state index in [4.69, 9.17) is 0 Å². The fourth-order valence-corrected chi connectivity index (χ4v) is 2.33. The average molecular weight is 289 g/mol. The quantitative estimate of drug-likeness (QED) is 0.907. The topological polar surface area (TPSA) is 29.9 Å². The molecule has 0 bridgehead atoms. The molecule has 1 aromatic heterocycles. The molecule has 0 saturated heterocycles. The molecule has 0 amide bonds. The zero-order chi connectivity index (χ0) is 15.5. The Morgan fingerprint density at radius 3 is 2.43 bits per heavy atom. The maximum Gasteiger partial charge on any atom is 0.123 e. The monoisotopic (exact) mass is 289 g/mol. The van der Waals surface area contributed by atoms with Gasteiger partial charge in [-0.05, 0) is 30.0 Å². The van der Waals surface area contributed by atoms with Gasteiger partial charge in [-0.1, -0.05) is 32.9 Å². The molecule has 1 heterocycles. The first-order chi connectivity index (χ1) is 9.86. The Balaban J connectivity index is 2.09. The van der Waals surface area contributed by atoms with E-state index in [9.17, 15) is 4.39 Å². The normalized spacial score (nSPS) is 14.9. The fourth-order valence-electron chi connectivity index (χ4n) is 2.33. The summed E-state index contributed by atoms with van der Waals surface area (Å²) >= 11 is 0. The highest BCUT2D eigenvalue weighted by molar-refractivity contribution is 5.19. The largest absolute Gasteiger partial charge is 0.336 e. The summed E-state index contributed by atoms with van der Waals surface area (Å²) in [6.45, 7) is 9.63. The van der Waals surface area contributed by atoms with Gasteiger partial charge >= 0.3 is 0 Å². The van der Waals surface area contributed by atoms with Crippen molar-refractivity contribution in [3.63, 3.8) is 0 Å². The van der Waals surface area contributed by atoms with Crippen LogP contribution in [0.4, 0.5) is 4.39 Å². The number of hydrogen-bond donors (Lipinski definition) is 1. The minimum absolute atomic E-state index is 0.110. The lowest BCUT2D eigenvalue weighted by atomic mass is 9.85. The van der Waals surface area contributed by atoms with Crippen molar-refractivity contribution in [1.29, 1.82) is 0 Å². The van der Waals surface area contributed by atoms with Crippen LogP contribution in [0.5, 0.6) is 0 Å². The van der Waals surface area contributed by atoms with Crippen molar-refractivity contribution >= 4 is 0 Å². The first-order valence-electron chi connectivity index (χ1n) is 7.33. The number of imidazole rings is 1. The number of benzene rings is 1. The van der Waals surface area contributed by atoms with Crippen LogP contribution < -0.4 is 5.32 Å². The zero-order valence-electron chi connectivity index (χ0n) is 13.2. The van der Waals surface area contributed by atoms with Gasteiger partial charge in [0.15, 0.2) is 0 Å². The van der Waals surface area contributed by atoms with E-state index < -0.39 is 0 Å². The number of nitrogens with one attached hydrogen (secondary N) is 1. The lowest BCUT2D eigenvalue weighted by Crippen LogP contribution is -2.44. The van der Waals surface area contributed by atoms with Gasteiger partial charge < -0.3 is 9.88 Å². The Kier molecular flexibility index (Phi) is 4.78. The molecule has 0 aliphatic heterocycles. The van der Waals surface area contributed by atoms with Crippen LogP contribution in [0, 0.1) is 11.2 Å². The second-order valence-corrected chi connectivity index (χ2v) is 6.62. The molecule has 1 N–H and O–H groups in total. The predicted molar refractivity (Wildman–Crippen MR) is 83.4 cm³/mol. The van der Waals surface area contributed by atoms with E-state index in [1.165, 1.54) is 12.1 Å². The standard InChI is InChI=1S/C17H24FN3/c1-13(14-5-7-15(18)8-6-14)20-16(17(2,3)4)11-21-10-9-19-12-21/h5-10,12-13,16,20H,11H2,1-4H3. The maximum atomic E-state index is 13.0. The van der Waals surface area contributed by atoms with E-state index in [2.05, 4.69) is 42.6 Å². The molecular formula is C17H24FN3. The Morgan fingerprint density at radius 1 is 1.24 bits per heavy atom. The van der Waals surface area contributed by atoms with E-state index in [0.717, 1.165) is 12.1 Å². The Bertz CT molecular complexity index is 540. The molecule has 21 heavy (non-hydrogen) atoms. The van der Waals surface area contributed by atoms with Crippen molar-refractivity contribution in [2.75, 3.05) is 0 Å². The van der Waals surface area contributed by atoms with Gasteiger partial charge in [0, 0.05) is 31.0 Å². The smallest absolute Gasteiger partial charge is 0.123 e. The molecule has 114 valence electrons. The van der Waals surface area contributed by atoms with Crippen LogP contribution in [0.15, 0.2) is 43.0 Å². The summed E-state index contributed by atoms with van der Waals surface area (Å²) in [6.07, 6.45) is 5.61. The van der Waals surface area contributed by atoms with Gasteiger partial charge in [0.25, 0.3) is 0 Å². The molecule has 0 aliphatic carbocycles. The molecule has 3 nitrogen and oxygen atoms in total. The summed E-state index contributed by atoms with van der Waals surface area (Å²) in [6, 6.07) is 7.14. The minimum atomic E-state index is -0.197. The Hall–Kier alpha value is -1.68. The molecule has 4 heteroatoms. The van der Waals surface area contributed by atoms with Gasteiger partial charge in [0.05, 0.1) is 6.33 Å². The highest BCUT2D eigenvalue weighted by Crippen LogP contribution is 2.24. The van der Waals surface area contributed by atoms with Gasteiger partial charge in [-0.25, -0.2) is 9.37 Å². The van der Waals surface area contributed by atoms with Crippen molar-refractivity contribution in [2.45, 2.75) is 46.3 Å². The number of aromatic nitrogens is 2. The summed E-state index contributed by atoms with van der Waals surface area (Å²) in [5.74, 6) is -0.197. The van der Waals surface area contributed by atoms with Gasteiger partial charge in [0.2, 0.25) is 0 Å². The molecule has 2 unspecified atom stereocenters. The molecule has 2 atom stereocenters. The third kappa shape index (κ3) is 4.39. The molecule has 0 fully saturated rings. The molecule has 2 aromatic rings. The zero-order valence-corrected chi connectivity index (χ0v) is 13.2. The number of rotatable bonds is 5. The van der Waals surface area contributed by atoms with Crippen molar-refractivity contribution in [3.05, 3.63) is 54.4 Å². The summed E-state index contributed by atoms with van der Waals surface area (Å²) in [5, 5.41) is 3.66. The van der Waals surface area contributed by atoms with Crippen molar-refractivity contribution < 1.29 is 4.39 Å². The summed E-state index contributed by atoms with van der Waals surface area (Å²) < 4.78 is 15.1. The highest BCUT2D eigenvalue weighted by Gasteiger charge is 2.26. The first kappa shape index (κ1) is 15.7. The molecule has 0 spiro atoms. The van der Waals surface area contributed by atoms with Crippen LogP contribution in [0.2, 0.25) is 0 Å². The molecule has 2 rings (SSSR count). The van der Waals surface area contributed by atoms with E-state index in [1.54, 1.807) is 6.20 Å². The highest BCUT2D eigenvalue weighted by atomic mass is 19.1. The summed E-state index contributed by atoms with van der Waals surface area (Å²) in [7, 11) is 0. The summed E-state index contributed by atoms with van der Waals surface area (Å²) in [4.78, 5) is 4.10. The lowest BCUT2D eigenvalue weighted by molar-refractivity contribution is 0.225. The number of hydrogen-bond acceptors (Lipinski definition) is 2. The lowest BCUT2D eigenvalue weighted by Gasteiger charge is -2.34. The fraction of sp³-hybridized carbons (Fsp3) is 0.471. The van der Waals surface area contributed by atoms with E-state index in [-0.39, 0.29) is 23.3 Å². The third-order valence-electron chi connectivity index (χ3n) is 3.82. The van der Waals surface area contributed by atoms with E-state index >= 15 is 0 Å². The van der Waals surface area contributed by atoms with Gasteiger partial charge in [-0.2, -0.15) is 0 Å². The van der Waals surface area contributed by atoms with Crippen LogP contribution in [-0.4, -0.2) is 15.6 Å². The van der Waals surface area contributed by atoms with Crippen molar-refractivity contribution in [1.82, 2.24) is 14.9 Å². The SMILES string of the molecule is CC(NC(Cn1ccnc1)C(C)(C)C)c1ccc(F)cc1. The Labute approximate surface area is 126 Å². The molecule has 1 aromatic carbocycles. The van der Waals surface area contributed by atoms with Gasteiger partial charge in [-0.3, -0.25) is 0 Å².